The van der Waals surface area contributed by atoms with E-state index in [-0.39, 0.29) is 6.10 Å². The van der Waals surface area contributed by atoms with E-state index in [2.05, 4.69) is 17.0 Å². The highest BCUT2D eigenvalue weighted by Crippen LogP contribution is 2.18. The first kappa shape index (κ1) is 10.6. The Morgan fingerprint density at radius 1 is 1.67 bits per heavy atom. The van der Waals surface area contributed by atoms with Gasteiger partial charge in [0.25, 0.3) is 0 Å². The van der Waals surface area contributed by atoms with E-state index in [4.69, 9.17) is 4.52 Å². The van der Waals surface area contributed by atoms with Gasteiger partial charge in [0.15, 0.2) is 5.76 Å². The molecule has 0 aliphatic carbocycles. The summed E-state index contributed by atoms with van der Waals surface area (Å²) in [5.41, 5.74) is 0.926. The van der Waals surface area contributed by atoms with Crippen LogP contribution >= 0.6 is 0 Å². The number of nitrogens with zero attached hydrogens (tertiary/aromatic N) is 2. The first-order valence-electron chi connectivity index (χ1n) is 5.48. The van der Waals surface area contributed by atoms with Gasteiger partial charge in [-0.3, -0.25) is 4.90 Å². The van der Waals surface area contributed by atoms with E-state index in [0.29, 0.717) is 5.92 Å². The van der Waals surface area contributed by atoms with Crippen LogP contribution in [0.25, 0.3) is 0 Å². The number of piperidine rings is 1. The van der Waals surface area contributed by atoms with Crippen molar-refractivity contribution in [2.24, 2.45) is 5.92 Å². The number of rotatable bonds is 2. The number of hydrogen-bond acceptors (Lipinski definition) is 4. The fourth-order valence-corrected chi connectivity index (χ4v) is 2.07. The van der Waals surface area contributed by atoms with Crippen LogP contribution in [0.15, 0.2) is 10.6 Å². The average Bonchev–Trinajstić information content (AvgIpc) is 2.58. The molecule has 1 aliphatic rings. The molecule has 1 aromatic rings. The van der Waals surface area contributed by atoms with Crippen molar-refractivity contribution in [2.75, 3.05) is 13.1 Å². The summed E-state index contributed by atoms with van der Waals surface area (Å²) in [7, 11) is 0. The van der Waals surface area contributed by atoms with Crippen LogP contribution in [-0.2, 0) is 6.54 Å². The molecule has 1 N–H and O–H groups in total. The van der Waals surface area contributed by atoms with E-state index < -0.39 is 0 Å². The minimum atomic E-state index is -0.141. The molecule has 0 radical (unpaired) electrons. The molecule has 15 heavy (non-hydrogen) atoms. The molecule has 2 rings (SSSR count). The molecule has 1 fully saturated rings. The average molecular weight is 210 g/mol. The lowest BCUT2D eigenvalue weighted by Crippen LogP contribution is -2.41. The second kappa shape index (κ2) is 4.33. The quantitative estimate of drug-likeness (QED) is 0.796. The van der Waals surface area contributed by atoms with Crippen molar-refractivity contribution in [1.29, 1.82) is 0 Å². The van der Waals surface area contributed by atoms with Crippen molar-refractivity contribution in [3.63, 3.8) is 0 Å². The van der Waals surface area contributed by atoms with Crippen LogP contribution in [0.2, 0.25) is 0 Å². The van der Waals surface area contributed by atoms with Gasteiger partial charge in [-0.15, -0.1) is 0 Å². The summed E-state index contributed by atoms with van der Waals surface area (Å²) in [4.78, 5) is 2.30. The number of aryl methyl sites for hydroxylation is 1. The van der Waals surface area contributed by atoms with E-state index in [0.717, 1.165) is 37.5 Å². The summed E-state index contributed by atoms with van der Waals surface area (Å²) in [5, 5.41) is 13.5. The molecule has 4 nitrogen and oxygen atoms in total. The Morgan fingerprint density at radius 3 is 3.07 bits per heavy atom. The van der Waals surface area contributed by atoms with Crippen molar-refractivity contribution in [3.05, 3.63) is 17.5 Å². The Morgan fingerprint density at radius 2 is 2.47 bits per heavy atom. The van der Waals surface area contributed by atoms with Gasteiger partial charge in [-0.05, 0) is 19.3 Å². The fraction of sp³-hybridized carbons (Fsp3) is 0.727. The number of aliphatic hydroxyl groups excluding tert-OH is 1. The number of aromatic nitrogens is 1. The Balaban J connectivity index is 1.90. The minimum absolute atomic E-state index is 0.141. The lowest BCUT2D eigenvalue weighted by Gasteiger charge is -2.33. The van der Waals surface area contributed by atoms with Crippen LogP contribution in [-0.4, -0.2) is 34.4 Å². The van der Waals surface area contributed by atoms with E-state index in [1.807, 2.05) is 13.0 Å². The predicted molar refractivity (Wildman–Crippen MR) is 56.3 cm³/mol. The predicted octanol–water partition coefficient (Wildman–Crippen LogP) is 1.19. The molecule has 1 aromatic heterocycles. The zero-order valence-electron chi connectivity index (χ0n) is 9.31. The zero-order valence-corrected chi connectivity index (χ0v) is 9.31. The second-order valence-corrected chi connectivity index (χ2v) is 4.50. The maximum Gasteiger partial charge on any atom is 0.150 e. The second-order valence-electron chi connectivity index (χ2n) is 4.50. The van der Waals surface area contributed by atoms with Crippen LogP contribution in [0.1, 0.15) is 24.8 Å². The van der Waals surface area contributed by atoms with Crippen LogP contribution in [0.3, 0.4) is 0 Å². The van der Waals surface area contributed by atoms with Gasteiger partial charge in [0.1, 0.15) is 0 Å². The molecule has 0 amide bonds. The molecular weight excluding hydrogens is 192 g/mol. The molecule has 2 unspecified atom stereocenters. The van der Waals surface area contributed by atoms with Gasteiger partial charge in [0.05, 0.1) is 18.3 Å². The molecule has 0 bridgehead atoms. The normalized spacial score (nSPS) is 28.2. The van der Waals surface area contributed by atoms with E-state index in [1.54, 1.807) is 0 Å². The summed E-state index contributed by atoms with van der Waals surface area (Å²) in [5.74, 6) is 1.26. The molecule has 0 spiro atoms. The number of aliphatic hydroxyl groups is 1. The highest BCUT2D eigenvalue weighted by atomic mass is 16.5. The van der Waals surface area contributed by atoms with Crippen molar-refractivity contribution in [1.82, 2.24) is 10.1 Å². The maximum atomic E-state index is 9.60. The summed E-state index contributed by atoms with van der Waals surface area (Å²) < 4.78 is 5.17. The van der Waals surface area contributed by atoms with Gasteiger partial charge in [0, 0.05) is 19.2 Å². The summed E-state index contributed by atoms with van der Waals surface area (Å²) in [6.07, 6.45) is 0.714. The van der Waals surface area contributed by atoms with Crippen LogP contribution in [0.4, 0.5) is 0 Å². The lowest BCUT2D eigenvalue weighted by atomic mass is 9.97. The minimum Gasteiger partial charge on any atom is -0.393 e. The molecular formula is C11H18N2O2. The molecule has 2 heterocycles. The Kier molecular flexibility index (Phi) is 3.07. The highest BCUT2D eigenvalue weighted by Gasteiger charge is 2.24. The Bertz CT molecular complexity index is 324. The van der Waals surface area contributed by atoms with E-state index in [9.17, 15) is 5.11 Å². The number of hydrogen-bond donors (Lipinski definition) is 1. The van der Waals surface area contributed by atoms with Crippen molar-refractivity contribution in [2.45, 2.75) is 32.9 Å². The van der Waals surface area contributed by atoms with Gasteiger partial charge in [-0.2, -0.15) is 0 Å². The van der Waals surface area contributed by atoms with Gasteiger partial charge >= 0.3 is 0 Å². The molecule has 4 heteroatoms. The standard InChI is InChI=1S/C11H18N2O2/c1-8-6-13(4-3-11(8)14)7-10-5-9(2)12-15-10/h5,8,11,14H,3-4,6-7H2,1-2H3. The monoisotopic (exact) mass is 210 g/mol. The van der Waals surface area contributed by atoms with Gasteiger partial charge in [-0.1, -0.05) is 12.1 Å². The van der Waals surface area contributed by atoms with E-state index >= 15 is 0 Å². The van der Waals surface area contributed by atoms with Crippen molar-refractivity contribution < 1.29 is 9.63 Å². The first-order valence-corrected chi connectivity index (χ1v) is 5.48. The largest absolute Gasteiger partial charge is 0.393 e. The number of likely N-dealkylation sites (tertiary alicyclic amines) is 1. The Hall–Kier alpha value is -0.870. The molecule has 2 atom stereocenters. The first-order chi connectivity index (χ1) is 7.15. The molecule has 84 valence electrons. The van der Waals surface area contributed by atoms with E-state index in [1.165, 1.54) is 0 Å². The van der Waals surface area contributed by atoms with Crippen molar-refractivity contribution >= 4 is 0 Å². The topological polar surface area (TPSA) is 49.5 Å². The van der Waals surface area contributed by atoms with Crippen LogP contribution in [0, 0.1) is 12.8 Å². The van der Waals surface area contributed by atoms with Gasteiger partial charge in [-0.25, -0.2) is 0 Å². The van der Waals surface area contributed by atoms with Crippen LogP contribution in [0.5, 0.6) is 0 Å². The van der Waals surface area contributed by atoms with Gasteiger partial charge in [0.2, 0.25) is 0 Å². The molecule has 1 aliphatic heterocycles. The summed E-state index contributed by atoms with van der Waals surface area (Å²) in [6, 6.07) is 1.97. The third-order valence-corrected chi connectivity index (χ3v) is 3.00. The third kappa shape index (κ3) is 2.58. The molecule has 0 aromatic carbocycles. The lowest BCUT2D eigenvalue weighted by molar-refractivity contribution is 0.0289. The van der Waals surface area contributed by atoms with Gasteiger partial charge < -0.3 is 9.63 Å². The maximum absolute atomic E-state index is 9.60. The molecule has 0 saturated carbocycles. The van der Waals surface area contributed by atoms with Crippen LogP contribution < -0.4 is 0 Å². The summed E-state index contributed by atoms with van der Waals surface area (Å²) >= 11 is 0. The molecule has 1 saturated heterocycles. The van der Waals surface area contributed by atoms with Crippen molar-refractivity contribution in [3.8, 4) is 0 Å². The smallest absolute Gasteiger partial charge is 0.150 e. The third-order valence-electron chi connectivity index (χ3n) is 3.00. The fourth-order valence-electron chi connectivity index (χ4n) is 2.07. The SMILES string of the molecule is Cc1cc(CN2CCC(O)C(C)C2)on1. The zero-order chi connectivity index (χ0) is 10.8. The highest BCUT2D eigenvalue weighted by molar-refractivity contribution is 5.03. The Labute approximate surface area is 89.9 Å². The summed E-state index contributed by atoms with van der Waals surface area (Å²) in [6.45, 7) is 6.68.